The second-order valence-corrected chi connectivity index (χ2v) is 6.68. The van der Waals surface area contributed by atoms with E-state index in [0.29, 0.717) is 24.1 Å². The summed E-state index contributed by atoms with van der Waals surface area (Å²) in [4.78, 5) is 42.4. The highest BCUT2D eigenvalue weighted by Gasteiger charge is 2.14. The minimum Gasteiger partial charge on any atom is -0.494 e. The first-order chi connectivity index (χ1) is 14.5. The molecule has 1 aromatic heterocycles. The van der Waals surface area contributed by atoms with Gasteiger partial charge in [0, 0.05) is 13.6 Å². The number of hydrogen-bond acceptors (Lipinski definition) is 6. The second kappa shape index (κ2) is 9.69. The molecule has 0 saturated carbocycles. The maximum Gasteiger partial charge on any atom is 0.326 e. The number of benzene rings is 2. The van der Waals surface area contributed by atoms with E-state index in [9.17, 15) is 14.4 Å². The largest absolute Gasteiger partial charge is 0.494 e. The van der Waals surface area contributed by atoms with Gasteiger partial charge in [0.25, 0.3) is 11.5 Å². The van der Waals surface area contributed by atoms with Gasteiger partial charge in [-0.05, 0) is 36.8 Å². The lowest BCUT2D eigenvalue weighted by Gasteiger charge is -2.17. The van der Waals surface area contributed by atoms with Crippen molar-refractivity contribution >= 4 is 22.8 Å². The lowest BCUT2D eigenvalue weighted by molar-refractivity contribution is -0.152. The van der Waals surface area contributed by atoms with Crippen LogP contribution in [-0.2, 0) is 27.4 Å². The summed E-state index contributed by atoms with van der Waals surface area (Å²) < 4.78 is 11.6. The van der Waals surface area contributed by atoms with Crippen molar-refractivity contribution in [3.8, 4) is 5.75 Å². The molecule has 0 saturated heterocycles. The molecule has 1 amide bonds. The molecule has 0 aliphatic carbocycles. The van der Waals surface area contributed by atoms with E-state index in [0.717, 1.165) is 11.3 Å². The predicted molar refractivity (Wildman–Crippen MR) is 111 cm³/mol. The number of hydrogen-bond donors (Lipinski definition) is 0. The number of ether oxygens (including phenoxy) is 2. The van der Waals surface area contributed by atoms with Gasteiger partial charge in [-0.25, -0.2) is 4.98 Å². The molecule has 0 aliphatic heterocycles. The molecule has 8 heteroatoms. The average Bonchev–Trinajstić information content (AvgIpc) is 2.75. The van der Waals surface area contributed by atoms with Gasteiger partial charge in [0.15, 0.2) is 6.61 Å². The van der Waals surface area contributed by atoms with Crippen LogP contribution in [0.25, 0.3) is 10.9 Å². The van der Waals surface area contributed by atoms with Gasteiger partial charge in [0.05, 0.1) is 23.8 Å². The van der Waals surface area contributed by atoms with Crippen LogP contribution < -0.4 is 10.3 Å². The minimum absolute atomic E-state index is 0.313. The number of carbonyl (C=O) groups excluding carboxylic acids is 2. The first-order valence-corrected chi connectivity index (χ1v) is 9.53. The molecule has 0 atom stereocenters. The lowest BCUT2D eigenvalue weighted by atomic mass is 10.2. The van der Waals surface area contributed by atoms with Gasteiger partial charge in [-0.2, -0.15) is 0 Å². The first-order valence-electron chi connectivity index (χ1n) is 9.53. The Kier molecular flexibility index (Phi) is 6.79. The highest BCUT2D eigenvalue weighted by molar-refractivity contribution is 5.81. The number of rotatable bonds is 8. The van der Waals surface area contributed by atoms with Crippen molar-refractivity contribution in [2.75, 3.05) is 20.3 Å². The van der Waals surface area contributed by atoms with Crippen molar-refractivity contribution < 1.29 is 19.1 Å². The van der Waals surface area contributed by atoms with E-state index < -0.39 is 12.6 Å². The number of fused-ring (bicyclic) bond motifs is 1. The van der Waals surface area contributed by atoms with E-state index in [-0.39, 0.29) is 18.0 Å². The molecule has 1 heterocycles. The van der Waals surface area contributed by atoms with Crippen LogP contribution in [0.15, 0.2) is 59.7 Å². The third-order valence-corrected chi connectivity index (χ3v) is 4.47. The zero-order valence-electron chi connectivity index (χ0n) is 16.9. The third kappa shape index (κ3) is 5.22. The summed E-state index contributed by atoms with van der Waals surface area (Å²) in [5.74, 6) is -0.263. The lowest BCUT2D eigenvalue weighted by Crippen LogP contribution is -2.32. The number of esters is 1. The Morgan fingerprint density at radius 2 is 1.83 bits per heavy atom. The van der Waals surface area contributed by atoms with Crippen LogP contribution in [0.2, 0.25) is 0 Å². The molecule has 0 N–H and O–H groups in total. The topological polar surface area (TPSA) is 90.7 Å². The summed E-state index contributed by atoms with van der Waals surface area (Å²) in [5, 5.41) is 0.416. The molecule has 0 aliphatic rings. The van der Waals surface area contributed by atoms with Gasteiger partial charge in [-0.3, -0.25) is 19.0 Å². The summed E-state index contributed by atoms with van der Waals surface area (Å²) in [5.41, 5.74) is 1.14. The Morgan fingerprint density at radius 1 is 1.10 bits per heavy atom. The zero-order chi connectivity index (χ0) is 21.5. The van der Waals surface area contributed by atoms with Crippen LogP contribution in [0.1, 0.15) is 12.5 Å². The molecular formula is C22H23N3O5. The minimum atomic E-state index is -0.683. The molecule has 0 unspecified atom stereocenters. The fraction of sp³-hybridized carbons (Fsp3) is 0.273. The fourth-order valence-corrected chi connectivity index (χ4v) is 2.88. The van der Waals surface area contributed by atoms with E-state index in [2.05, 4.69) is 4.98 Å². The number of para-hydroxylation sites is 1. The normalized spacial score (nSPS) is 10.6. The molecular weight excluding hydrogens is 386 g/mol. The highest BCUT2D eigenvalue weighted by Crippen LogP contribution is 2.13. The second-order valence-electron chi connectivity index (χ2n) is 6.68. The van der Waals surface area contributed by atoms with Crippen LogP contribution in [0.3, 0.4) is 0 Å². The quantitative estimate of drug-likeness (QED) is 0.529. The molecule has 30 heavy (non-hydrogen) atoms. The number of likely N-dealkylation sites (N-methyl/N-ethyl adjacent to an activating group) is 1. The molecule has 0 fully saturated rings. The molecule has 0 radical (unpaired) electrons. The van der Waals surface area contributed by atoms with Crippen molar-refractivity contribution in [3.63, 3.8) is 0 Å². The van der Waals surface area contributed by atoms with Crippen molar-refractivity contribution in [2.45, 2.75) is 20.0 Å². The van der Waals surface area contributed by atoms with Crippen molar-refractivity contribution in [2.24, 2.45) is 0 Å². The van der Waals surface area contributed by atoms with Crippen LogP contribution in [0.5, 0.6) is 5.75 Å². The van der Waals surface area contributed by atoms with E-state index in [4.69, 9.17) is 9.47 Å². The van der Waals surface area contributed by atoms with Crippen LogP contribution in [0.4, 0.5) is 0 Å². The molecule has 0 bridgehead atoms. The Labute approximate surface area is 173 Å². The zero-order valence-corrected chi connectivity index (χ0v) is 16.9. The van der Waals surface area contributed by atoms with Gasteiger partial charge in [0.2, 0.25) is 0 Å². The number of nitrogens with zero attached hydrogens (tertiary/aromatic N) is 3. The summed E-state index contributed by atoms with van der Waals surface area (Å²) in [7, 11) is 1.63. The Hall–Kier alpha value is -3.68. The third-order valence-electron chi connectivity index (χ3n) is 4.47. The van der Waals surface area contributed by atoms with Crippen molar-refractivity contribution in [3.05, 3.63) is 70.8 Å². The van der Waals surface area contributed by atoms with Crippen molar-refractivity contribution in [1.29, 1.82) is 0 Å². The summed E-state index contributed by atoms with van der Waals surface area (Å²) in [6, 6.07) is 14.3. The van der Waals surface area contributed by atoms with Gasteiger partial charge in [-0.1, -0.05) is 24.3 Å². The standard InChI is InChI=1S/C22H23N3O5/c1-3-29-17-10-8-16(9-11-17)12-24(2)20(26)14-30-21(27)13-25-15-23-19-7-5-4-6-18(19)22(25)28/h4-11,15H,3,12-14H2,1-2H3. The monoisotopic (exact) mass is 409 g/mol. The predicted octanol–water partition coefficient (Wildman–Crippen LogP) is 2.00. The first kappa shape index (κ1) is 21.0. The maximum absolute atomic E-state index is 12.4. The summed E-state index contributed by atoms with van der Waals surface area (Å²) in [6.07, 6.45) is 1.30. The molecule has 0 spiro atoms. The van der Waals surface area contributed by atoms with E-state index in [1.54, 1.807) is 31.3 Å². The molecule has 3 aromatic rings. The smallest absolute Gasteiger partial charge is 0.326 e. The average molecular weight is 409 g/mol. The van der Waals surface area contributed by atoms with E-state index in [1.807, 2.05) is 31.2 Å². The van der Waals surface area contributed by atoms with Gasteiger partial charge in [-0.15, -0.1) is 0 Å². The Balaban J connectivity index is 1.52. The van der Waals surface area contributed by atoms with E-state index >= 15 is 0 Å². The summed E-state index contributed by atoms with van der Waals surface area (Å²) in [6.45, 7) is 2.16. The van der Waals surface area contributed by atoms with Crippen molar-refractivity contribution in [1.82, 2.24) is 14.5 Å². The number of aromatic nitrogens is 2. The SMILES string of the molecule is CCOc1ccc(CN(C)C(=O)COC(=O)Cn2cnc3ccccc3c2=O)cc1. The van der Waals surface area contributed by atoms with Crippen LogP contribution >= 0.6 is 0 Å². The fourth-order valence-electron chi connectivity index (χ4n) is 2.88. The van der Waals surface area contributed by atoms with Gasteiger partial charge < -0.3 is 14.4 Å². The molecule has 3 rings (SSSR count). The highest BCUT2D eigenvalue weighted by atomic mass is 16.5. The summed E-state index contributed by atoms with van der Waals surface area (Å²) >= 11 is 0. The number of amides is 1. The van der Waals surface area contributed by atoms with Crippen LogP contribution in [0, 0.1) is 0 Å². The van der Waals surface area contributed by atoms with Gasteiger partial charge >= 0.3 is 5.97 Å². The Bertz CT molecular complexity index is 1090. The molecule has 8 nitrogen and oxygen atoms in total. The molecule has 156 valence electrons. The van der Waals surface area contributed by atoms with E-state index in [1.165, 1.54) is 15.8 Å². The Morgan fingerprint density at radius 3 is 2.57 bits per heavy atom. The number of carbonyl (C=O) groups is 2. The molecule has 2 aromatic carbocycles. The van der Waals surface area contributed by atoms with Crippen LogP contribution in [-0.4, -0.2) is 46.6 Å². The van der Waals surface area contributed by atoms with Gasteiger partial charge in [0.1, 0.15) is 12.3 Å². The maximum atomic E-state index is 12.4.